The van der Waals surface area contributed by atoms with Gasteiger partial charge in [0.25, 0.3) is 10.0 Å². The Bertz CT molecular complexity index is 667. The molecule has 2 unspecified atom stereocenters. The van der Waals surface area contributed by atoms with Gasteiger partial charge in [0.15, 0.2) is 5.03 Å². The number of aromatic nitrogens is 2. The van der Waals surface area contributed by atoms with Crippen molar-refractivity contribution in [2.24, 2.45) is 18.9 Å². The van der Waals surface area contributed by atoms with E-state index in [9.17, 15) is 18.0 Å². The Morgan fingerprint density at radius 3 is 2.38 bits per heavy atom. The van der Waals surface area contributed by atoms with Crippen LogP contribution in [-0.4, -0.2) is 57.5 Å². The average molecular weight is 317 g/mol. The maximum Gasteiger partial charge on any atom is 0.308 e. The molecular formula is C11H15N3O6S. The van der Waals surface area contributed by atoms with Crippen molar-refractivity contribution in [3.8, 4) is 0 Å². The van der Waals surface area contributed by atoms with Gasteiger partial charge >= 0.3 is 11.9 Å². The molecule has 0 saturated carbocycles. The molecule has 1 aliphatic heterocycles. The number of carboxylic acid groups (broad SMARTS) is 2. The SMILES string of the molecule is Cn1cnc(S(=O)(=O)N2CCC(C(=O)O)C(C(=O)O)C2)c1. The highest BCUT2D eigenvalue weighted by Crippen LogP contribution is 2.28. The van der Waals surface area contributed by atoms with E-state index in [0.29, 0.717) is 0 Å². The number of piperidine rings is 1. The van der Waals surface area contributed by atoms with Gasteiger partial charge in [-0.05, 0) is 6.42 Å². The van der Waals surface area contributed by atoms with Crippen LogP contribution < -0.4 is 0 Å². The predicted octanol–water partition coefficient (Wildman–Crippen LogP) is -0.784. The molecular weight excluding hydrogens is 302 g/mol. The lowest BCUT2D eigenvalue weighted by Crippen LogP contribution is -2.48. The number of hydrogen-bond acceptors (Lipinski definition) is 5. The number of aryl methyl sites for hydroxylation is 1. The average Bonchev–Trinajstić information content (AvgIpc) is 2.85. The van der Waals surface area contributed by atoms with Crippen LogP contribution in [0.25, 0.3) is 0 Å². The second-order valence-corrected chi connectivity index (χ2v) is 6.80. The van der Waals surface area contributed by atoms with E-state index in [1.807, 2.05) is 0 Å². The normalized spacial score (nSPS) is 23.9. The Kier molecular flexibility index (Phi) is 4.01. The molecule has 0 bridgehead atoms. The van der Waals surface area contributed by atoms with E-state index in [2.05, 4.69) is 4.98 Å². The Morgan fingerprint density at radius 1 is 1.29 bits per heavy atom. The van der Waals surface area contributed by atoms with Gasteiger partial charge in [-0.15, -0.1) is 0 Å². The first-order chi connectivity index (χ1) is 9.73. The summed E-state index contributed by atoms with van der Waals surface area (Å²) < 4.78 is 27.2. The van der Waals surface area contributed by atoms with Crippen LogP contribution in [0.15, 0.2) is 17.6 Å². The molecule has 1 saturated heterocycles. The minimum atomic E-state index is -3.91. The van der Waals surface area contributed by atoms with Crippen molar-refractivity contribution in [2.75, 3.05) is 13.1 Å². The number of rotatable bonds is 4. The fourth-order valence-corrected chi connectivity index (χ4v) is 3.79. The van der Waals surface area contributed by atoms with Crippen LogP contribution in [0.1, 0.15) is 6.42 Å². The third kappa shape index (κ3) is 2.90. The van der Waals surface area contributed by atoms with Gasteiger partial charge < -0.3 is 14.8 Å². The number of hydrogen-bond donors (Lipinski definition) is 2. The van der Waals surface area contributed by atoms with Gasteiger partial charge in [0.05, 0.1) is 18.2 Å². The molecule has 116 valence electrons. The van der Waals surface area contributed by atoms with E-state index in [1.165, 1.54) is 17.1 Å². The molecule has 21 heavy (non-hydrogen) atoms. The molecule has 0 spiro atoms. The van der Waals surface area contributed by atoms with Gasteiger partial charge in [0.2, 0.25) is 0 Å². The maximum absolute atomic E-state index is 12.4. The molecule has 0 amide bonds. The molecule has 10 heteroatoms. The highest BCUT2D eigenvalue weighted by molar-refractivity contribution is 7.89. The van der Waals surface area contributed by atoms with Crippen LogP contribution in [0.3, 0.4) is 0 Å². The number of imidazole rings is 1. The number of aliphatic carboxylic acids is 2. The van der Waals surface area contributed by atoms with Gasteiger partial charge in [-0.2, -0.15) is 4.31 Å². The fraction of sp³-hybridized carbons (Fsp3) is 0.545. The predicted molar refractivity (Wildman–Crippen MR) is 68.8 cm³/mol. The number of nitrogens with zero attached hydrogens (tertiary/aromatic N) is 3. The first kappa shape index (κ1) is 15.4. The molecule has 1 aliphatic rings. The van der Waals surface area contributed by atoms with Crippen molar-refractivity contribution in [3.05, 3.63) is 12.5 Å². The zero-order chi connectivity index (χ0) is 15.8. The molecule has 2 heterocycles. The van der Waals surface area contributed by atoms with E-state index in [1.54, 1.807) is 7.05 Å². The van der Waals surface area contributed by atoms with Crippen LogP contribution in [0.5, 0.6) is 0 Å². The summed E-state index contributed by atoms with van der Waals surface area (Å²) in [5.41, 5.74) is 0. The lowest BCUT2D eigenvalue weighted by atomic mass is 9.86. The van der Waals surface area contributed by atoms with Crippen LogP contribution in [0, 0.1) is 11.8 Å². The Hall–Kier alpha value is -1.94. The molecule has 0 radical (unpaired) electrons. The van der Waals surface area contributed by atoms with E-state index in [0.717, 1.165) is 4.31 Å². The van der Waals surface area contributed by atoms with Crippen LogP contribution in [0.4, 0.5) is 0 Å². The summed E-state index contributed by atoms with van der Waals surface area (Å²) in [5, 5.41) is 18.0. The van der Waals surface area contributed by atoms with E-state index < -0.39 is 33.8 Å². The summed E-state index contributed by atoms with van der Waals surface area (Å²) in [5.74, 6) is -4.90. The van der Waals surface area contributed by atoms with Gasteiger partial charge in [-0.3, -0.25) is 9.59 Å². The Labute approximate surface area is 120 Å². The third-order valence-corrected chi connectivity index (χ3v) is 5.25. The fourth-order valence-electron chi connectivity index (χ4n) is 2.34. The summed E-state index contributed by atoms with van der Waals surface area (Å²) in [6.45, 7) is -0.412. The van der Waals surface area contributed by atoms with Gasteiger partial charge in [0, 0.05) is 26.3 Å². The van der Waals surface area contributed by atoms with Crippen molar-refractivity contribution in [2.45, 2.75) is 11.4 Å². The van der Waals surface area contributed by atoms with Crippen molar-refractivity contribution in [3.63, 3.8) is 0 Å². The Morgan fingerprint density at radius 2 is 1.90 bits per heavy atom. The smallest absolute Gasteiger partial charge is 0.308 e. The van der Waals surface area contributed by atoms with E-state index in [-0.39, 0.29) is 24.5 Å². The van der Waals surface area contributed by atoms with Crippen molar-refractivity contribution in [1.29, 1.82) is 0 Å². The summed E-state index contributed by atoms with van der Waals surface area (Å²) in [6.07, 6.45) is 2.60. The summed E-state index contributed by atoms with van der Waals surface area (Å²) in [4.78, 5) is 26.0. The summed E-state index contributed by atoms with van der Waals surface area (Å²) in [6, 6.07) is 0. The van der Waals surface area contributed by atoms with Crippen LogP contribution >= 0.6 is 0 Å². The van der Waals surface area contributed by atoms with E-state index >= 15 is 0 Å². The highest BCUT2D eigenvalue weighted by Gasteiger charge is 2.42. The second-order valence-electron chi connectivity index (χ2n) is 4.92. The van der Waals surface area contributed by atoms with Gasteiger partial charge in [0.1, 0.15) is 0 Å². The molecule has 1 aromatic heterocycles. The first-order valence-electron chi connectivity index (χ1n) is 6.17. The minimum absolute atomic E-state index is 0.0420. The highest BCUT2D eigenvalue weighted by atomic mass is 32.2. The molecule has 2 N–H and O–H groups in total. The summed E-state index contributed by atoms with van der Waals surface area (Å²) >= 11 is 0. The molecule has 2 rings (SSSR count). The lowest BCUT2D eigenvalue weighted by Gasteiger charge is -2.33. The number of sulfonamides is 1. The largest absolute Gasteiger partial charge is 0.481 e. The summed E-state index contributed by atoms with van der Waals surface area (Å²) in [7, 11) is -2.30. The zero-order valence-corrected chi connectivity index (χ0v) is 12.0. The zero-order valence-electron chi connectivity index (χ0n) is 11.2. The molecule has 9 nitrogen and oxygen atoms in total. The Balaban J connectivity index is 2.27. The topological polar surface area (TPSA) is 130 Å². The molecule has 0 aromatic carbocycles. The maximum atomic E-state index is 12.4. The van der Waals surface area contributed by atoms with Crippen LogP contribution in [-0.2, 0) is 26.7 Å². The second kappa shape index (κ2) is 5.45. The first-order valence-corrected chi connectivity index (χ1v) is 7.61. The van der Waals surface area contributed by atoms with Crippen molar-refractivity contribution >= 4 is 22.0 Å². The lowest BCUT2D eigenvalue weighted by molar-refractivity contribution is -0.156. The van der Waals surface area contributed by atoms with Crippen LogP contribution in [0.2, 0.25) is 0 Å². The van der Waals surface area contributed by atoms with Crippen molar-refractivity contribution in [1.82, 2.24) is 13.9 Å². The monoisotopic (exact) mass is 317 g/mol. The molecule has 2 atom stereocenters. The molecule has 1 fully saturated rings. The quantitative estimate of drug-likeness (QED) is 0.744. The number of carbonyl (C=O) groups is 2. The van der Waals surface area contributed by atoms with Gasteiger partial charge in [-0.25, -0.2) is 13.4 Å². The van der Waals surface area contributed by atoms with Crippen molar-refractivity contribution < 1.29 is 28.2 Å². The third-order valence-electron chi connectivity index (χ3n) is 3.50. The standard InChI is InChI=1S/C11H15N3O6S/c1-13-5-9(12-6-13)21(19,20)14-3-2-7(10(15)16)8(4-14)11(17)18/h5-8H,2-4H2,1H3,(H,15,16)(H,17,18). The van der Waals surface area contributed by atoms with Gasteiger partial charge in [-0.1, -0.05) is 0 Å². The molecule has 0 aliphatic carbocycles. The molecule has 1 aromatic rings. The van der Waals surface area contributed by atoms with E-state index in [4.69, 9.17) is 10.2 Å². The minimum Gasteiger partial charge on any atom is -0.481 e. The number of carboxylic acids is 2.